The van der Waals surface area contributed by atoms with E-state index in [9.17, 15) is 14.9 Å². The first-order chi connectivity index (χ1) is 10.0. The van der Waals surface area contributed by atoms with Crippen molar-refractivity contribution in [1.29, 1.82) is 5.26 Å². The van der Waals surface area contributed by atoms with Gasteiger partial charge in [0.15, 0.2) is 0 Å². The van der Waals surface area contributed by atoms with Crippen molar-refractivity contribution in [1.82, 2.24) is 9.80 Å². The van der Waals surface area contributed by atoms with Crippen molar-refractivity contribution in [2.45, 2.75) is 51.9 Å². The summed E-state index contributed by atoms with van der Waals surface area (Å²) in [5.41, 5.74) is -0.436. The van der Waals surface area contributed by atoms with Gasteiger partial charge in [0.05, 0.1) is 18.0 Å². The van der Waals surface area contributed by atoms with Crippen LogP contribution >= 0.6 is 0 Å². The fourth-order valence-electron chi connectivity index (χ4n) is 3.19. The second kappa shape index (κ2) is 6.93. The predicted octanol–water partition coefficient (Wildman–Crippen LogP) is 1.93. The Balaban J connectivity index is 1.93. The zero-order valence-corrected chi connectivity index (χ0v) is 12.9. The van der Waals surface area contributed by atoms with Gasteiger partial charge < -0.3 is 9.80 Å². The molecule has 0 aromatic carbocycles. The first-order valence-electron chi connectivity index (χ1n) is 8.01. The molecule has 0 saturated carbocycles. The van der Waals surface area contributed by atoms with Crippen LogP contribution in [0.25, 0.3) is 0 Å². The Morgan fingerprint density at radius 3 is 2.76 bits per heavy atom. The molecule has 5 nitrogen and oxygen atoms in total. The zero-order chi connectivity index (χ0) is 15.3. The van der Waals surface area contributed by atoms with Crippen LogP contribution in [0.2, 0.25) is 0 Å². The van der Waals surface area contributed by atoms with E-state index in [1.54, 1.807) is 9.80 Å². The largest absolute Gasteiger partial charge is 0.340 e. The van der Waals surface area contributed by atoms with E-state index in [1.807, 2.05) is 6.92 Å². The summed E-state index contributed by atoms with van der Waals surface area (Å²) in [6.45, 7) is 3.98. The highest BCUT2D eigenvalue weighted by Gasteiger charge is 2.33. The lowest BCUT2D eigenvalue weighted by Crippen LogP contribution is -2.49. The van der Waals surface area contributed by atoms with E-state index >= 15 is 0 Å². The van der Waals surface area contributed by atoms with Gasteiger partial charge in [-0.15, -0.1) is 0 Å². The maximum Gasteiger partial charge on any atom is 0.242 e. The Bertz CT molecular complexity index is 443. The highest BCUT2D eigenvalue weighted by molar-refractivity contribution is 5.85. The quantitative estimate of drug-likeness (QED) is 0.781. The van der Waals surface area contributed by atoms with Crippen molar-refractivity contribution < 1.29 is 9.59 Å². The monoisotopic (exact) mass is 291 g/mol. The Morgan fingerprint density at radius 2 is 2.00 bits per heavy atom. The Hall–Kier alpha value is -1.57. The minimum Gasteiger partial charge on any atom is -0.340 e. The molecule has 0 spiro atoms. The van der Waals surface area contributed by atoms with Crippen molar-refractivity contribution in [3.8, 4) is 6.07 Å². The van der Waals surface area contributed by atoms with Crippen LogP contribution in [0.4, 0.5) is 0 Å². The lowest BCUT2D eigenvalue weighted by molar-refractivity contribution is -0.142. The summed E-state index contributed by atoms with van der Waals surface area (Å²) < 4.78 is 0. The molecular weight excluding hydrogens is 266 g/mol. The van der Waals surface area contributed by atoms with Gasteiger partial charge in [-0.05, 0) is 32.6 Å². The molecule has 2 aliphatic heterocycles. The smallest absolute Gasteiger partial charge is 0.242 e. The van der Waals surface area contributed by atoms with Crippen LogP contribution in [0.3, 0.4) is 0 Å². The average molecular weight is 291 g/mol. The Kier molecular flexibility index (Phi) is 5.22. The van der Waals surface area contributed by atoms with E-state index in [2.05, 4.69) is 6.07 Å². The van der Waals surface area contributed by atoms with Crippen molar-refractivity contribution >= 4 is 11.8 Å². The van der Waals surface area contributed by atoms with Gasteiger partial charge in [0, 0.05) is 26.1 Å². The molecule has 0 radical (unpaired) electrons. The van der Waals surface area contributed by atoms with Crippen LogP contribution < -0.4 is 0 Å². The van der Waals surface area contributed by atoms with Crippen LogP contribution in [0.15, 0.2) is 0 Å². The topological polar surface area (TPSA) is 64.4 Å². The molecule has 2 saturated heterocycles. The molecule has 116 valence electrons. The number of hydrogen-bond acceptors (Lipinski definition) is 3. The maximum absolute atomic E-state index is 12.4. The summed E-state index contributed by atoms with van der Waals surface area (Å²) in [4.78, 5) is 28.0. The van der Waals surface area contributed by atoms with Crippen LogP contribution in [-0.2, 0) is 9.59 Å². The van der Waals surface area contributed by atoms with Crippen LogP contribution in [0.1, 0.15) is 51.9 Å². The van der Waals surface area contributed by atoms with Gasteiger partial charge >= 0.3 is 0 Å². The van der Waals surface area contributed by atoms with Gasteiger partial charge in [-0.25, -0.2) is 0 Å². The first-order valence-corrected chi connectivity index (χ1v) is 8.01. The fraction of sp³-hybridized carbons (Fsp3) is 0.812. The zero-order valence-electron chi connectivity index (χ0n) is 12.9. The minimum atomic E-state index is -0.436. The number of piperidine rings is 1. The molecule has 2 rings (SSSR count). The summed E-state index contributed by atoms with van der Waals surface area (Å²) in [6.07, 6.45) is 6.42. The van der Waals surface area contributed by atoms with Gasteiger partial charge in [-0.1, -0.05) is 12.8 Å². The highest BCUT2D eigenvalue weighted by Crippen LogP contribution is 2.28. The van der Waals surface area contributed by atoms with Crippen molar-refractivity contribution in [2.24, 2.45) is 5.41 Å². The molecule has 0 unspecified atom stereocenters. The number of hydrogen-bond donors (Lipinski definition) is 0. The molecule has 0 bridgehead atoms. The van der Waals surface area contributed by atoms with Crippen LogP contribution in [0.5, 0.6) is 0 Å². The molecule has 2 fully saturated rings. The second-order valence-electron chi connectivity index (χ2n) is 6.57. The van der Waals surface area contributed by atoms with Crippen molar-refractivity contribution in [2.75, 3.05) is 26.2 Å². The number of nitrogens with zero attached hydrogens (tertiary/aromatic N) is 3. The normalized spacial score (nSPS) is 27.7. The highest BCUT2D eigenvalue weighted by atomic mass is 16.2. The third-order valence-corrected chi connectivity index (χ3v) is 4.57. The molecule has 2 aliphatic rings. The molecule has 2 amide bonds. The van der Waals surface area contributed by atoms with Gasteiger partial charge in [0.2, 0.25) is 11.8 Å². The van der Waals surface area contributed by atoms with Gasteiger partial charge in [0.1, 0.15) is 0 Å². The second-order valence-corrected chi connectivity index (χ2v) is 6.57. The molecule has 0 N–H and O–H groups in total. The Morgan fingerprint density at radius 1 is 1.24 bits per heavy atom. The minimum absolute atomic E-state index is 0.00917. The standard InChI is InChI=1S/C16H25N3O2/c1-16(12-17)8-6-10-19(13-16)15(21)11-18-9-5-3-2-4-7-14(18)20/h2-11,13H2,1H3/t16-/m1/s1. The molecular formula is C16H25N3O2. The number of nitriles is 1. The van der Waals surface area contributed by atoms with Crippen LogP contribution in [-0.4, -0.2) is 47.8 Å². The summed E-state index contributed by atoms with van der Waals surface area (Å²) >= 11 is 0. The number of rotatable bonds is 2. The third kappa shape index (κ3) is 4.20. The molecule has 21 heavy (non-hydrogen) atoms. The lowest BCUT2D eigenvalue weighted by atomic mass is 9.83. The van der Waals surface area contributed by atoms with Crippen molar-refractivity contribution in [3.63, 3.8) is 0 Å². The summed E-state index contributed by atoms with van der Waals surface area (Å²) in [5, 5.41) is 9.23. The average Bonchev–Trinajstić information content (AvgIpc) is 2.47. The predicted molar refractivity (Wildman–Crippen MR) is 79.2 cm³/mol. The SMILES string of the molecule is C[C@]1(C#N)CCCN(C(=O)CN2CCCCCCC2=O)C1. The van der Waals surface area contributed by atoms with E-state index in [4.69, 9.17) is 0 Å². The molecule has 2 heterocycles. The molecule has 0 aliphatic carbocycles. The van der Waals surface area contributed by atoms with Gasteiger partial charge in [-0.2, -0.15) is 5.26 Å². The third-order valence-electron chi connectivity index (χ3n) is 4.57. The fourth-order valence-corrected chi connectivity index (χ4v) is 3.19. The van der Waals surface area contributed by atoms with E-state index in [1.165, 1.54) is 0 Å². The van der Waals surface area contributed by atoms with E-state index in [0.29, 0.717) is 26.1 Å². The molecule has 5 heteroatoms. The number of likely N-dealkylation sites (tertiary alicyclic amines) is 2. The Labute approximate surface area is 126 Å². The van der Waals surface area contributed by atoms with Crippen LogP contribution in [0, 0.1) is 16.7 Å². The number of carbonyl (C=O) groups excluding carboxylic acids is 2. The molecule has 0 aromatic rings. The van der Waals surface area contributed by atoms with Gasteiger partial charge in [-0.3, -0.25) is 9.59 Å². The van der Waals surface area contributed by atoms with E-state index in [-0.39, 0.29) is 18.4 Å². The maximum atomic E-state index is 12.4. The first kappa shape index (κ1) is 15.8. The number of amides is 2. The summed E-state index contributed by atoms with van der Waals surface area (Å²) in [6, 6.07) is 2.32. The van der Waals surface area contributed by atoms with E-state index in [0.717, 1.165) is 38.5 Å². The summed E-state index contributed by atoms with van der Waals surface area (Å²) in [5.74, 6) is 0.0909. The molecule has 0 aromatic heterocycles. The van der Waals surface area contributed by atoms with Crippen molar-refractivity contribution in [3.05, 3.63) is 0 Å². The molecule has 1 atom stereocenters. The number of carbonyl (C=O) groups is 2. The lowest BCUT2D eigenvalue weighted by Gasteiger charge is -2.37. The van der Waals surface area contributed by atoms with E-state index < -0.39 is 5.41 Å². The summed E-state index contributed by atoms with van der Waals surface area (Å²) in [7, 11) is 0. The van der Waals surface area contributed by atoms with Gasteiger partial charge in [0.25, 0.3) is 0 Å².